The van der Waals surface area contributed by atoms with Crippen molar-refractivity contribution in [3.05, 3.63) is 30.0 Å². The number of nitrogens with one attached hydrogen (secondary N) is 1. The van der Waals surface area contributed by atoms with E-state index < -0.39 is 16.1 Å². The highest BCUT2D eigenvalue weighted by Gasteiger charge is 2.23. The molecule has 2 heterocycles. The molecule has 1 aromatic carbocycles. The van der Waals surface area contributed by atoms with Crippen LogP contribution in [0.4, 0.5) is 0 Å². The van der Waals surface area contributed by atoms with Crippen molar-refractivity contribution in [2.45, 2.75) is 11.3 Å². The topological polar surface area (TPSA) is 79.5 Å². The fourth-order valence-electron chi connectivity index (χ4n) is 2.22. The molecular weight excluding hydrogens is 254 g/mol. The molecule has 1 aliphatic rings. The molecule has 1 fully saturated rings. The molecule has 5 nitrogen and oxygen atoms in total. The Hall–Kier alpha value is -1.66. The molecule has 1 saturated heterocycles. The number of furan rings is 1. The number of benzene rings is 1. The number of hydrogen-bond acceptors (Lipinski definition) is 3. The van der Waals surface area contributed by atoms with Crippen LogP contribution < -0.4 is 4.72 Å². The van der Waals surface area contributed by atoms with Crippen LogP contribution in [0.2, 0.25) is 0 Å². The van der Waals surface area contributed by atoms with Crippen LogP contribution >= 0.6 is 0 Å². The Morgan fingerprint density at radius 1 is 1.39 bits per heavy atom. The van der Waals surface area contributed by atoms with Crippen LogP contribution in [0.15, 0.2) is 33.6 Å². The summed E-state index contributed by atoms with van der Waals surface area (Å²) in [5, 5.41) is 9.53. The molecule has 1 aromatic heterocycles. The van der Waals surface area contributed by atoms with Gasteiger partial charge in [-0.25, -0.2) is 4.79 Å². The molecule has 0 amide bonds. The lowest BCUT2D eigenvalue weighted by atomic mass is 10.2. The van der Waals surface area contributed by atoms with Crippen LogP contribution in [0.25, 0.3) is 11.0 Å². The van der Waals surface area contributed by atoms with Crippen molar-refractivity contribution in [1.82, 2.24) is 4.72 Å². The van der Waals surface area contributed by atoms with Crippen molar-refractivity contribution < 1.29 is 18.5 Å². The van der Waals surface area contributed by atoms with Crippen molar-refractivity contribution in [1.29, 1.82) is 0 Å². The van der Waals surface area contributed by atoms with Crippen LogP contribution in [-0.4, -0.2) is 27.6 Å². The van der Waals surface area contributed by atoms with Gasteiger partial charge in [0.05, 0.1) is 0 Å². The predicted octanol–water partition coefficient (Wildman–Crippen LogP) is 1.41. The van der Waals surface area contributed by atoms with Crippen molar-refractivity contribution in [3.8, 4) is 0 Å². The number of carboxylic acids is 1. The van der Waals surface area contributed by atoms with Gasteiger partial charge < -0.3 is 9.52 Å². The monoisotopic (exact) mass is 267 g/mol. The number of fused-ring (bicyclic) bond motifs is 1. The molecule has 6 heteroatoms. The van der Waals surface area contributed by atoms with Gasteiger partial charge in [0, 0.05) is 22.6 Å². The summed E-state index contributed by atoms with van der Waals surface area (Å²) in [6, 6.07) is 6.64. The van der Waals surface area contributed by atoms with E-state index in [9.17, 15) is 9.00 Å². The summed E-state index contributed by atoms with van der Waals surface area (Å²) in [5.41, 5.74) is 0.502. The van der Waals surface area contributed by atoms with Crippen molar-refractivity contribution in [2.75, 3.05) is 12.3 Å². The number of carboxylic acid groups (broad SMARTS) is 1. The summed E-state index contributed by atoms with van der Waals surface area (Å²) in [5.74, 6) is -0.541. The standard InChI is InChI=1S/C12H13NO4S/c14-12(15)11-7-8-6-9(2-3-10(8)17-11)18(16)5-1-4-13-18/h2-3,6-7,18H,1,4-5H2,(H,13,16)(H,14,15). The summed E-state index contributed by atoms with van der Waals surface area (Å²) < 4.78 is 20.8. The van der Waals surface area contributed by atoms with Crippen LogP contribution in [0, 0.1) is 0 Å². The number of hydrogen-bond donors (Lipinski definition) is 3. The van der Waals surface area contributed by atoms with E-state index in [0.717, 1.165) is 17.9 Å². The van der Waals surface area contributed by atoms with E-state index in [1.54, 1.807) is 18.2 Å². The lowest BCUT2D eigenvalue weighted by molar-refractivity contribution is 0.0665. The molecule has 0 saturated carbocycles. The van der Waals surface area contributed by atoms with E-state index in [0.29, 0.717) is 16.7 Å². The van der Waals surface area contributed by atoms with Crippen molar-refractivity contribution >= 4 is 27.1 Å². The number of thiol groups is 1. The zero-order valence-electron chi connectivity index (χ0n) is 9.55. The summed E-state index contributed by atoms with van der Waals surface area (Å²) in [6.07, 6.45) is 0.904. The zero-order chi connectivity index (χ0) is 12.8. The van der Waals surface area contributed by atoms with Crippen LogP contribution in [0.5, 0.6) is 0 Å². The van der Waals surface area contributed by atoms with Crippen LogP contribution in [-0.2, 0) is 10.1 Å². The second-order valence-corrected chi connectivity index (χ2v) is 7.12. The van der Waals surface area contributed by atoms with E-state index in [1.165, 1.54) is 6.07 Å². The van der Waals surface area contributed by atoms with Gasteiger partial charge in [0.25, 0.3) is 0 Å². The van der Waals surface area contributed by atoms with E-state index in [1.807, 2.05) is 0 Å². The van der Waals surface area contributed by atoms with Gasteiger partial charge in [0.2, 0.25) is 5.76 Å². The second-order valence-electron chi connectivity index (χ2n) is 4.36. The minimum atomic E-state index is -2.48. The Labute approximate surface area is 104 Å². The Kier molecular flexibility index (Phi) is 2.49. The highest BCUT2D eigenvalue weighted by atomic mass is 32.3. The summed E-state index contributed by atoms with van der Waals surface area (Å²) >= 11 is 0. The lowest BCUT2D eigenvalue weighted by Gasteiger charge is -2.17. The number of aromatic carboxylic acids is 1. The first-order chi connectivity index (χ1) is 8.58. The Morgan fingerprint density at radius 3 is 2.89 bits per heavy atom. The minimum Gasteiger partial charge on any atom is -0.475 e. The molecule has 0 radical (unpaired) electrons. The normalized spacial score (nSPS) is 20.0. The highest BCUT2D eigenvalue weighted by molar-refractivity contribution is 8.01. The molecule has 96 valence electrons. The minimum absolute atomic E-state index is 0.0974. The van der Waals surface area contributed by atoms with Gasteiger partial charge >= 0.3 is 5.97 Å². The molecule has 2 N–H and O–H groups in total. The van der Waals surface area contributed by atoms with Gasteiger partial charge in [-0.2, -0.15) is 0 Å². The van der Waals surface area contributed by atoms with E-state index in [2.05, 4.69) is 4.72 Å². The maximum Gasteiger partial charge on any atom is 0.371 e. The quantitative estimate of drug-likeness (QED) is 0.719. The molecule has 0 spiro atoms. The van der Waals surface area contributed by atoms with E-state index >= 15 is 0 Å². The molecule has 0 unspecified atom stereocenters. The highest BCUT2D eigenvalue weighted by Crippen LogP contribution is 2.27. The van der Waals surface area contributed by atoms with Crippen molar-refractivity contribution in [3.63, 3.8) is 0 Å². The Balaban J connectivity index is 2.10. The third-order valence-corrected chi connectivity index (χ3v) is 5.94. The molecule has 0 atom stereocenters. The van der Waals surface area contributed by atoms with Crippen LogP contribution in [0.3, 0.4) is 0 Å². The molecular formula is C12H13NO4S. The van der Waals surface area contributed by atoms with Gasteiger partial charge in [-0.05, 0) is 40.8 Å². The molecule has 1 aliphatic heterocycles. The molecule has 2 aromatic rings. The molecule has 0 aliphatic carbocycles. The Bertz CT molecular complexity index is 666. The third-order valence-electron chi connectivity index (χ3n) is 3.14. The number of rotatable bonds is 2. The maximum atomic E-state index is 12.5. The molecule has 0 bridgehead atoms. The predicted molar refractivity (Wildman–Crippen MR) is 68.5 cm³/mol. The fourth-order valence-corrected chi connectivity index (χ4v) is 4.61. The first kappa shape index (κ1) is 11.4. The van der Waals surface area contributed by atoms with Gasteiger partial charge in [-0.15, -0.1) is 0 Å². The van der Waals surface area contributed by atoms with Crippen molar-refractivity contribution in [2.24, 2.45) is 0 Å². The first-order valence-corrected chi connectivity index (χ1v) is 7.59. The summed E-state index contributed by atoms with van der Waals surface area (Å²) in [6.45, 7) is 0.765. The fraction of sp³-hybridized carbons (Fsp3) is 0.250. The zero-order valence-corrected chi connectivity index (χ0v) is 10.4. The average Bonchev–Trinajstić information content (AvgIpc) is 2.94. The maximum absolute atomic E-state index is 12.5. The van der Waals surface area contributed by atoms with Gasteiger partial charge in [0.1, 0.15) is 5.58 Å². The first-order valence-electron chi connectivity index (χ1n) is 5.70. The second kappa shape index (κ2) is 3.93. The largest absolute Gasteiger partial charge is 0.475 e. The van der Waals surface area contributed by atoms with E-state index in [4.69, 9.17) is 9.52 Å². The lowest BCUT2D eigenvalue weighted by Crippen LogP contribution is -2.25. The Morgan fingerprint density at radius 2 is 2.22 bits per heavy atom. The molecule has 18 heavy (non-hydrogen) atoms. The van der Waals surface area contributed by atoms with Gasteiger partial charge in [0.15, 0.2) is 0 Å². The summed E-state index contributed by atoms with van der Waals surface area (Å²) in [7, 11) is -2.48. The average molecular weight is 267 g/mol. The van der Waals surface area contributed by atoms with E-state index in [-0.39, 0.29) is 5.76 Å². The van der Waals surface area contributed by atoms with Gasteiger partial charge in [-0.1, -0.05) is 0 Å². The summed E-state index contributed by atoms with van der Waals surface area (Å²) in [4.78, 5) is 11.6. The van der Waals surface area contributed by atoms with Gasteiger partial charge in [-0.3, -0.25) is 8.93 Å². The smallest absolute Gasteiger partial charge is 0.371 e. The SMILES string of the molecule is O=C(O)c1cc2cc([SH]3(=O)CCCN3)ccc2o1. The number of carbonyl (C=O) groups is 1. The van der Waals surface area contributed by atoms with Crippen LogP contribution in [0.1, 0.15) is 17.0 Å². The third kappa shape index (κ3) is 1.74. The molecule has 3 rings (SSSR count).